The summed E-state index contributed by atoms with van der Waals surface area (Å²) in [4.78, 5) is 12.8. The van der Waals surface area contributed by atoms with Crippen molar-refractivity contribution in [3.05, 3.63) is 58.7 Å². The van der Waals surface area contributed by atoms with Crippen LogP contribution in [0.5, 0.6) is 17.2 Å². The molecular formula is C24H30O4. The Morgan fingerprint density at radius 3 is 2.25 bits per heavy atom. The van der Waals surface area contributed by atoms with Gasteiger partial charge < -0.3 is 14.2 Å². The van der Waals surface area contributed by atoms with Gasteiger partial charge in [-0.3, -0.25) is 4.79 Å². The molecule has 0 heterocycles. The molecule has 0 spiro atoms. The third-order valence-electron chi connectivity index (χ3n) is 4.28. The van der Waals surface area contributed by atoms with Crippen molar-refractivity contribution in [2.24, 2.45) is 0 Å². The second kappa shape index (κ2) is 9.45. The standard InChI is InChI=1S/C24H30O4/c1-15(2)27-20-11-9-19(23(14-20)28-16(3)4)10-13-22(25)21-12-8-17(5)18(6)24(21)26-7/h8-16H,1-7H3/b13-10+. The highest BCUT2D eigenvalue weighted by Gasteiger charge is 2.14. The van der Waals surface area contributed by atoms with E-state index in [0.29, 0.717) is 17.1 Å². The lowest BCUT2D eigenvalue weighted by molar-refractivity contribution is 0.104. The molecule has 0 bridgehead atoms. The first-order valence-corrected chi connectivity index (χ1v) is 9.56. The number of rotatable bonds is 8. The number of hydrogen-bond donors (Lipinski definition) is 0. The van der Waals surface area contributed by atoms with Gasteiger partial charge in [0.15, 0.2) is 5.78 Å². The summed E-state index contributed by atoms with van der Waals surface area (Å²) in [5.41, 5.74) is 3.43. The zero-order valence-electron chi connectivity index (χ0n) is 17.8. The Labute approximate surface area is 168 Å². The van der Waals surface area contributed by atoms with E-state index >= 15 is 0 Å². The van der Waals surface area contributed by atoms with E-state index in [1.54, 1.807) is 25.3 Å². The molecule has 0 atom stereocenters. The Morgan fingerprint density at radius 2 is 1.64 bits per heavy atom. The van der Waals surface area contributed by atoms with Crippen molar-refractivity contribution in [3.8, 4) is 17.2 Å². The average Bonchev–Trinajstić information content (AvgIpc) is 2.62. The number of methoxy groups -OCH3 is 1. The molecule has 2 rings (SSSR count). The third kappa shape index (κ3) is 5.38. The summed E-state index contributed by atoms with van der Waals surface area (Å²) in [6.07, 6.45) is 3.41. The molecule has 0 aromatic heterocycles. The number of carbonyl (C=O) groups is 1. The second-order valence-corrected chi connectivity index (χ2v) is 7.32. The van der Waals surface area contributed by atoms with Gasteiger partial charge in [0.2, 0.25) is 0 Å². The molecule has 0 fully saturated rings. The third-order valence-corrected chi connectivity index (χ3v) is 4.28. The van der Waals surface area contributed by atoms with Crippen molar-refractivity contribution in [2.75, 3.05) is 7.11 Å². The number of ketones is 1. The predicted octanol–water partition coefficient (Wildman–Crippen LogP) is 5.78. The van der Waals surface area contributed by atoms with E-state index in [1.807, 2.05) is 65.8 Å². The smallest absolute Gasteiger partial charge is 0.189 e. The first-order chi connectivity index (χ1) is 13.2. The van der Waals surface area contributed by atoms with E-state index in [4.69, 9.17) is 14.2 Å². The molecule has 0 aliphatic heterocycles. The van der Waals surface area contributed by atoms with Gasteiger partial charge >= 0.3 is 0 Å². The molecule has 0 saturated heterocycles. The van der Waals surface area contributed by atoms with Crippen molar-refractivity contribution in [2.45, 2.75) is 53.8 Å². The molecule has 0 amide bonds. The zero-order chi connectivity index (χ0) is 20.8. The van der Waals surface area contributed by atoms with Gasteiger partial charge in [0.1, 0.15) is 17.2 Å². The highest BCUT2D eigenvalue weighted by molar-refractivity contribution is 6.09. The maximum atomic E-state index is 12.8. The normalized spacial score (nSPS) is 11.3. The molecule has 2 aromatic rings. The average molecular weight is 383 g/mol. The minimum Gasteiger partial charge on any atom is -0.496 e. The van der Waals surface area contributed by atoms with E-state index in [9.17, 15) is 4.79 Å². The van der Waals surface area contributed by atoms with Crippen LogP contribution < -0.4 is 14.2 Å². The van der Waals surface area contributed by atoms with Crippen molar-refractivity contribution >= 4 is 11.9 Å². The van der Waals surface area contributed by atoms with Crippen LogP contribution in [0.3, 0.4) is 0 Å². The van der Waals surface area contributed by atoms with Gasteiger partial charge in [-0.1, -0.05) is 6.07 Å². The van der Waals surface area contributed by atoms with E-state index in [1.165, 1.54) is 0 Å². The largest absolute Gasteiger partial charge is 0.496 e. The molecule has 0 aliphatic carbocycles. The molecule has 2 aromatic carbocycles. The highest BCUT2D eigenvalue weighted by Crippen LogP contribution is 2.29. The Kier molecular flexibility index (Phi) is 7.27. The number of ether oxygens (including phenoxy) is 3. The molecule has 0 aliphatic rings. The van der Waals surface area contributed by atoms with E-state index < -0.39 is 0 Å². The van der Waals surface area contributed by atoms with Crippen LogP contribution in [0.1, 0.15) is 54.7 Å². The van der Waals surface area contributed by atoms with Crippen LogP contribution in [0.4, 0.5) is 0 Å². The van der Waals surface area contributed by atoms with Crippen LogP contribution in [0, 0.1) is 13.8 Å². The fourth-order valence-electron chi connectivity index (χ4n) is 2.86. The molecule has 4 nitrogen and oxygen atoms in total. The van der Waals surface area contributed by atoms with Gasteiger partial charge in [-0.15, -0.1) is 0 Å². The summed E-state index contributed by atoms with van der Waals surface area (Å²) in [7, 11) is 1.59. The SMILES string of the molecule is COc1c(C(=O)/C=C/c2ccc(OC(C)C)cc2OC(C)C)ccc(C)c1C. The Balaban J connectivity index is 2.34. The summed E-state index contributed by atoms with van der Waals surface area (Å²) in [5, 5.41) is 0. The first kappa shape index (κ1) is 21.5. The van der Waals surface area contributed by atoms with Crippen LogP contribution in [0.2, 0.25) is 0 Å². The predicted molar refractivity (Wildman–Crippen MR) is 114 cm³/mol. The summed E-state index contributed by atoms with van der Waals surface area (Å²) in [6, 6.07) is 9.38. The summed E-state index contributed by atoms with van der Waals surface area (Å²) in [5.74, 6) is 1.93. The topological polar surface area (TPSA) is 44.8 Å². The molecule has 4 heteroatoms. The monoisotopic (exact) mass is 382 g/mol. The molecule has 0 unspecified atom stereocenters. The second-order valence-electron chi connectivity index (χ2n) is 7.32. The van der Waals surface area contributed by atoms with Gasteiger partial charge in [-0.2, -0.15) is 0 Å². The number of allylic oxidation sites excluding steroid dienone is 1. The van der Waals surface area contributed by atoms with Crippen LogP contribution in [0.25, 0.3) is 6.08 Å². The molecule has 150 valence electrons. The van der Waals surface area contributed by atoms with Gasteiger partial charge in [0.05, 0.1) is 24.9 Å². The number of benzene rings is 2. The van der Waals surface area contributed by atoms with E-state index in [2.05, 4.69) is 0 Å². The van der Waals surface area contributed by atoms with Gasteiger partial charge in [0, 0.05) is 11.6 Å². The molecule has 0 N–H and O–H groups in total. The molecule has 28 heavy (non-hydrogen) atoms. The first-order valence-electron chi connectivity index (χ1n) is 9.56. The summed E-state index contributed by atoms with van der Waals surface area (Å²) < 4.78 is 17.1. The lowest BCUT2D eigenvalue weighted by Crippen LogP contribution is -2.09. The van der Waals surface area contributed by atoms with Crippen LogP contribution in [0.15, 0.2) is 36.4 Å². The van der Waals surface area contributed by atoms with Crippen LogP contribution in [-0.2, 0) is 0 Å². The zero-order valence-corrected chi connectivity index (χ0v) is 17.8. The Bertz CT molecular complexity index is 863. The Morgan fingerprint density at radius 1 is 0.964 bits per heavy atom. The lowest BCUT2D eigenvalue weighted by atomic mass is 10.0. The van der Waals surface area contributed by atoms with Crippen LogP contribution in [-0.4, -0.2) is 25.1 Å². The maximum absolute atomic E-state index is 12.8. The van der Waals surface area contributed by atoms with Gasteiger partial charge in [0.25, 0.3) is 0 Å². The van der Waals surface area contributed by atoms with Crippen molar-refractivity contribution in [1.29, 1.82) is 0 Å². The summed E-state index contributed by atoms with van der Waals surface area (Å²) >= 11 is 0. The molecular weight excluding hydrogens is 352 g/mol. The van der Waals surface area contributed by atoms with Gasteiger partial charge in [-0.25, -0.2) is 0 Å². The van der Waals surface area contributed by atoms with Crippen molar-refractivity contribution in [1.82, 2.24) is 0 Å². The fraction of sp³-hybridized carbons (Fsp3) is 0.375. The number of carbonyl (C=O) groups excluding carboxylic acids is 1. The summed E-state index contributed by atoms with van der Waals surface area (Å²) in [6.45, 7) is 11.8. The fourth-order valence-corrected chi connectivity index (χ4v) is 2.86. The lowest BCUT2D eigenvalue weighted by Gasteiger charge is -2.16. The van der Waals surface area contributed by atoms with Crippen molar-refractivity contribution in [3.63, 3.8) is 0 Å². The Hall–Kier alpha value is -2.75. The number of hydrogen-bond acceptors (Lipinski definition) is 4. The highest BCUT2D eigenvalue weighted by atomic mass is 16.5. The minimum atomic E-state index is -0.113. The molecule has 0 radical (unpaired) electrons. The van der Waals surface area contributed by atoms with Crippen LogP contribution >= 0.6 is 0 Å². The van der Waals surface area contributed by atoms with E-state index in [-0.39, 0.29) is 18.0 Å². The number of aryl methyl sites for hydroxylation is 1. The maximum Gasteiger partial charge on any atom is 0.189 e. The van der Waals surface area contributed by atoms with Gasteiger partial charge in [-0.05, 0) is 83.0 Å². The minimum absolute atomic E-state index is 0.0111. The van der Waals surface area contributed by atoms with Crippen molar-refractivity contribution < 1.29 is 19.0 Å². The molecule has 0 saturated carbocycles. The quantitative estimate of drug-likeness (QED) is 0.429. The van der Waals surface area contributed by atoms with E-state index in [0.717, 1.165) is 22.4 Å².